The lowest BCUT2D eigenvalue weighted by molar-refractivity contribution is -0.189. The van der Waals surface area contributed by atoms with E-state index in [1.807, 2.05) is 0 Å². The van der Waals surface area contributed by atoms with Crippen LogP contribution in [0.2, 0.25) is 0 Å². The number of nitrogens with one attached hydrogen (secondary N) is 1. The summed E-state index contributed by atoms with van der Waals surface area (Å²) in [6, 6.07) is 7.87. The summed E-state index contributed by atoms with van der Waals surface area (Å²) in [5, 5.41) is 13.9. The Morgan fingerprint density at radius 3 is 2.00 bits per heavy atom. The number of ether oxygens (including phenoxy) is 2. The van der Waals surface area contributed by atoms with Gasteiger partial charge in [-0.3, -0.25) is 4.79 Å². The van der Waals surface area contributed by atoms with Gasteiger partial charge in [0, 0.05) is 6.92 Å². The van der Waals surface area contributed by atoms with E-state index in [2.05, 4.69) is 5.32 Å². The minimum Gasteiger partial charge on any atom is -0.467 e. The molecule has 0 heterocycles. The van der Waals surface area contributed by atoms with Crippen molar-refractivity contribution in [3.8, 4) is 0 Å². The number of hydrogen-bond donors (Lipinski definition) is 2. The Balaban J connectivity index is 3.82. The molecule has 1 rings (SSSR count). The summed E-state index contributed by atoms with van der Waals surface area (Å²) < 4.78 is 9.64. The molecule has 1 aromatic rings. The molecule has 7 nitrogen and oxygen atoms in total. The molecule has 1 amide bonds. The molecular weight excluding hydrogens is 326 g/mol. The van der Waals surface area contributed by atoms with E-state index < -0.39 is 29.0 Å². The number of carbonyl (C=O) groups excluding carboxylic acids is 3. The van der Waals surface area contributed by atoms with E-state index in [1.165, 1.54) is 19.1 Å². The highest BCUT2D eigenvalue weighted by Gasteiger charge is 2.64. The lowest BCUT2D eigenvalue weighted by Crippen LogP contribution is -2.70. The topological polar surface area (TPSA) is 102 Å². The Bertz CT molecular complexity index is 630. The second-order valence-electron chi connectivity index (χ2n) is 6.24. The summed E-state index contributed by atoms with van der Waals surface area (Å²) >= 11 is 0. The van der Waals surface area contributed by atoms with E-state index >= 15 is 0 Å². The van der Waals surface area contributed by atoms with Crippen molar-refractivity contribution in [1.29, 1.82) is 0 Å². The second-order valence-corrected chi connectivity index (χ2v) is 6.24. The van der Waals surface area contributed by atoms with Crippen LogP contribution in [0.15, 0.2) is 30.3 Å². The van der Waals surface area contributed by atoms with E-state index in [0.29, 0.717) is 0 Å². The zero-order valence-corrected chi connectivity index (χ0v) is 15.2. The van der Waals surface area contributed by atoms with Gasteiger partial charge in [0.05, 0.1) is 14.2 Å². The van der Waals surface area contributed by atoms with Gasteiger partial charge in [-0.15, -0.1) is 0 Å². The quantitative estimate of drug-likeness (QED) is 0.714. The summed E-state index contributed by atoms with van der Waals surface area (Å²) in [4.78, 5) is 37.2. The molecule has 0 spiro atoms. The number of rotatable bonds is 7. The van der Waals surface area contributed by atoms with E-state index in [9.17, 15) is 19.5 Å². The normalized spacial score (nSPS) is 15.6. The summed E-state index contributed by atoms with van der Waals surface area (Å²) in [6.07, 6.45) is -0.0419. The molecule has 0 bridgehead atoms. The van der Waals surface area contributed by atoms with Crippen LogP contribution in [0.5, 0.6) is 0 Å². The van der Waals surface area contributed by atoms with Crippen molar-refractivity contribution in [2.45, 2.75) is 38.3 Å². The first-order chi connectivity index (χ1) is 11.7. The number of benzene rings is 1. The lowest BCUT2D eigenvalue weighted by atomic mass is 9.70. The molecule has 0 aliphatic heterocycles. The van der Waals surface area contributed by atoms with Crippen molar-refractivity contribution in [1.82, 2.24) is 5.32 Å². The first-order valence-electron chi connectivity index (χ1n) is 7.89. The SMILES string of the molecule is COC(=O)[C@@](O)(c1ccccc1)[C@](CC(C)C)(NC(C)=O)C(=O)OC. The average molecular weight is 351 g/mol. The minimum atomic E-state index is -2.47. The Morgan fingerprint density at radius 2 is 1.60 bits per heavy atom. The largest absolute Gasteiger partial charge is 0.467 e. The molecule has 0 unspecified atom stereocenters. The van der Waals surface area contributed by atoms with Crippen molar-refractivity contribution in [3.05, 3.63) is 35.9 Å². The fourth-order valence-electron chi connectivity index (χ4n) is 3.02. The Labute approximate surface area is 147 Å². The number of hydrogen-bond acceptors (Lipinski definition) is 6. The number of aliphatic hydroxyl groups is 1. The van der Waals surface area contributed by atoms with E-state index in [1.54, 1.807) is 32.0 Å². The van der Waals surface area contributed by atoms with Crippen LogP contribution in [0.25, 0.3) is 0 Å². The molecule has 25 heavy (non-hydrogen) atoms. The standard InChI is InChI=1S/C18H25NO6/c1-12(2)11-17(15(21)24-4,19-13(3)20)18(23,16(22)25-5)14-9-7-6-8-10-14/h6-10,12,23H,11H2,1-5H3,(H,19,20)/t17-,18+/m1/s1. The number of esters is 2. The highest BCUT2D eigenvalue weighted by Crippen LogP contribution is 2.40. The molecule has 0 radical (unpaired) electrons. The molecule has 0 aromatic heterocycles. The molecule has 0 aliphatic rings. The van der Waals surface area contributed by atoms with E-state index in [0.717, 1.165) is 14.2 Å². The Morgan fingerprint density at radius 1 is 1.08 bits per heavy atom. The molecule has 2 N–H and O–H groups in total. The van der Waals surface area contributed by atoms with Crippen LogP contribution >= 0.6 is 0 Å². The molecule has 0 saturated carbocycles. The zero-order chi connectivity index (χ0) is 19.3. The van der Waals surface area contributed by atoms with E-state index in [4.69, 9.17) is 9.47 Å². The second kappa shape index (κ2) is 8.11. The Kier molecular flexibility index (Phi) is 6.70. The summed E-state index contributed by atoms with van der Waals surface area (Å²) in [5.74, 6) is -2.76. The maximum absolute atomic E-state index is 12.7. The predicted molar refractivity (Wildman–Crippen MR) is 90.4 cm³/mol. The van der Waals surface area contributed by atoms with Gasteiger partial charge in [0.15, 0.2) is 5.54 Å². The van der Waals surface area contributed by atoms with Crippen molar-refractivity contribution in [2.24, 2.45) is 5.92 Å². The first kappa shape index (κ1) is 20.6. The van der Waals surface area contributed by atoms with Crippen molar-refractivity contribution in [2.75, 3.05) is 14.2 Å². The third kappa shape index (κ3) is 3.82. The molecule has 7 heteroatoms. The minimum absolute atomic E-state index is 0.0419. The van der Waals surface area contributed by atoms with Gasteiger partial charge in [0.2, 0.25) is 11.5 Å². The van der Waals surface area contributed by atoms with Crippen LogP contribution in [-0.2, 0) is 29.5 Å². The molecule has 138 valence electrons. The van der Waals surface area contributed by atoms with Gasteiger partial charge >= 0.3 is 11.9 Å². The van der Waals surface area contributed by atoms with Crippen molar-refractivity contribution < 1.29 is 29.0 Å². The molecule has 0 fully saturated rings. The fraction of sp³-hybridized carbons (Fsp3) is 0.500. The number of methoxy groups -OCH3 is 2. The molecule has 0 aliphatic carbocycles. The first-order valence-corrected chi connectivity index (χ1v) is 7.89. The fourth-order valence-corrected chi connectivity index (χ4v) is 3.02. The summed E-state index contributed by atoms with van der Waals surface area (Å²) in [6.45, 7) is 4.78. The maximum Gasteiger partial charge on any atom is 0.345 e. The van der Waals surface area contributed by atoms with Gasteiger partial charge < -0.3 is 19.9 Å². The van der Waals surface area contributed by atoms with Crippen LogP contribution in [0, 0.1) is 5.92 Å². The Hall–Kier alpha value is -2.41. The average Bonchev–Trinajstić information content (AvgIpc) is 2.58. The van der Waals surface area contributed by atoms with Crippen LogP contribution in [-0.4, -0.2) is 42.7 Å². The zero-order valence-electron chi connectivity index (χ0n) is 15.2. The van der Waals surface area contributed by atoms with Crippen molar-refractivity contribution in [3.63, 3.8) is 0 Å². The number of carbonyl (C=O) groups is 3. The van der Waals surface area contributed by atoms with Gasteiger partial charge in [-0.2, -0.15) is 0 Å². The van der Waals surface area contributed by atoms with Crippen LogP contribution in [0.1, 0.15) is 32.8 Å². The molecule has 0 saturated heterocycles. The summed E-state index contributed by atoms with van der Waals surface area (Å²) in [5.41, 5.74) is -4.40. The van der Waals surface area contributed by atoms with Crippen LogP contribution in [0.3, 0.4) is 0 Å². The van der Waals surface area contributed by atoms with Gasteiger partial charge in [-0.1, -0.05) is 44.2 Å². The maximum atomic E-state index is 12.7. The summed E-state index contributed by atoms with van der Waals surface area (Å²) in [7, 11) is 2.23. The van der Waals surface area contributed by atoms with Crippen LogP contribution in [0.4, 0.5) is 0 Å². The lowest BCUT2D eigenvalue weighted by Gasteiger charge is -2.44. The predicted octanol–water partition coefficient (Wildman–Crippen LogP) is 1.14. The third-order valence-electron chi connectivity index (χ3n) is 3.93. The third-order valence-corrected chi connectivity index (χ3v) is 3.93. The molecular formula is C18H25NO6. The van der Waals surface area contributed by atoms with Gasteiger partial charge in [0.25, 0.3) is 0 Å². The monoisotopic (exact) mass is 351 g/mol. The van der Waals surface area contributed by atoms with Gasteiger partial charge in [-0.25, -0.2) is 9.59 Å². The highest BCUT2D eigenvalue weighted by molar-refractivity contribution is 5.97. The molecule has 1 aromatic carbocycles. The molecule has 2 atom stereocenters. The van der Waals surface area contributed by atoms with Crippen LogP contribution < -0.4 is 5.32 Å². The van der Waals surface area contributed by atoms with Gasteiger partial charge in [-0.05, 0) is 17.9 Å². The van der Waals surface area contributed by atoms with Gasteiger partial charge in [0.1, 0.15) is 0 Å². The smallest absolute Gasteiger partial charge is 0.345 e. The highest BCUT2D eigenvalue weighted by atomic mass is 16.5. The number of amides is 1. The van der Waals surface area contributed by atoms with E-state index in [-0.39, 0.29) is 17.9 Å². The van der Waals surface area contributed by atoms with Crippen molar-refractivity contribution >= 4 is 17.8 Å².